The van der Waals surface area contributed by atoms with Crippen molar-refractivity contribution in [1.29, 1.82) is 0 Å². The number of carbonyl (C=O) groups excluding carboxylic acids is 1. The van der Waals surface area contributed by atoms with Crippen LogP contribution in [0.4, 0.5) is 16.2 Å². The van der Waals surface area contributed by atoms with Crippen molar-refractivity contribution < 1.29 is 4.79 Å². The van der Waals surface area contributed by atoms with Crippen LogP contribution in [0.1, 0.15) is 29.9 Å². The number of hydrazine groups is 1. The Bertz CT molecular complexity index is 746. The smallest absolute Gasteiger partial charge is 0.333 e. The summed E-state index contributed by atoms with van der Waals surface area (Å²) in [5.74, 6) is 5.76. The predicted octanol–water partition coefficient (Wildman–Crippen LogP) is 3.85. The van der Waals surface area contributed by atoms with E-state index in [0.29, 0.717) is 12.5 Å². The maximum absolute atomic E-state index is 11.7. The Labute approximate surface area is 146 Å². The van der Waals surface area contributed by atoms with Gasteiger partial charge in [0.2, 0.25) is 0 Å². The number of nitrogens with one attached hydrogen (secondary N) is 2. The second-order valence-corrected chi connectivity index (χ2v) is 6.47. The van der Waals surface area contributed by atoms with E-state index >= 15 is 0 Å². The third-order valence-corrected chi connectivity index (χ3v) is 4.58. The minimum Gasteiger partial charge on any atom is -0.368 e. The first kappa shape index (κ1) is 16.6. The molecule has 2 aromatic carbocycles. The van der Waals surface area contributed by atoms with Gasteiger partial charge in [-0.15, -0.1) is 0 Å². The van der Waals surface area contributed by atoms with E-state index in [-0.39, 0.29) is 0 Å². The van der Waals surface area contributed by atoms with Gasteiger partial charge in [-0.05, 0) is 42.0 Å². The molecular weight excluding hydrogens is 324 g/mol. The van der Waals surface area contributed by atoms with E-state index in [1.807, 2.05) is 43.4 Å². The van der Waals surface area contributed by atoms with E-state index in [2.05, 4.69) is 21.7 Å². The number of anilines is 2. The lowest BCUT2D eigenvalue weighted by atomic mass is 10.0. The SMILES string of the molecule is CN(Cc1ccccc1Cl)c1c(NC(=O)NN)cccc1C1CC1. The number of benzene rings is 2. The molecular formula is C18H21ClN4O. The summed E-state index contributed by atoms with van der Waals surface area (Å²) in [5, 5.41) is 3.55. The molecule has 0 bridgehead atoms. The van der Waals surface area contributed by atoms with Gasteiger partial charge in [-0.25, -0.2) is 10.6 Å². The minimum atomic E-state index is -0.435. The van der Waals surface area contributed by atoms with Gasteiger partial charge in [-0.2, -0.15) is 0 Å². The summed E-state index contributed by atoms with van der Waals surface area (Å²) in [6.07, 6.45) is 2.36. The molecule has 1 aliphatic carbocycles. The zero-order valence-electron chi connectivity index (χ0n) is 13.6. The van der Waals surface area contributed by atoms with Crippen LogP contribution in [0.2, 0.25) is 5.02 Å². The first-order valence-electron chi connectivity index (χ1n) is 7.95. The summed E-state index contributed by atoms with van der Waals surface area (Å²) in [6, 6.07) is 13.3. The lowest BCUT2D eigenvalue weighted by Gasteiger charge is -2.26. The molecule has 3 rings (SSSR count). The van der Waals surface area contributed by atoms with Crippen molar-refractivity contribution in [1.82, 2.24) is 5.43 Å². The van der Waals surface area contributed by atoms with Crippen molar-refractivity contribution >= 4 is 29.0 Å². The topological polar surface area (TPSA) is 70.4 Å². The monoisotopic (exact) mass is 344 g/mol. The molecule has 0 unspecified atom stereocenters. The largest absolute Gasteiger partial charge is 0.368 e. The minimum absolute atomic E-state index is 0.435. The lowest BCUT2D eigenvalue weighted by Crippen LogP contribution is -2.35. The fourth-order valence-corrected chi connectivity index (χ4v) is 3.13. The fraction of sp³-hybridized carbons (Fsp3) is 0.278. The van der Waals surface area contributed by atoms with Gasteiger partial charge in [0, 0.05) is 18.6 Å². The molecule has 5 nitrogen and oxygen atoms in total. The highest BCUT2D eigenvalue weighted by Gasteiger charge is 2.28. The second kappa shape index (κ2) is 7.11. The number of hydrogen-bond donors (Lipinski definition) is 3. The van der Waals surface area contributed by atoms with Crippen LogP contribution in [0.3, 0.4) is 0 Å². The van der Waals surface area contributed by atoms with Gasteiger partial charge in [0.05, 0.1) is 11.4 Å². The Morgan fingerprint density at radius 3 is 2.67 bits per heavy atom. The maximum atomic E-state index is 11.7. The first-order chi connectivity index (χ1) is 11.6. The molecule has 1 saturated carbocycles. The average Bonchev–Trinajstić information content (AvgIpc) is 3.41. The number of amides is 2. The highest BCUT2D eigenvalue weighted by Crippen LogP contribution is 2.47. The average molecular weight is 345 g/mol. The van der Waals surface area contributed by atoms with Gasteiger partial charge in [0.15, 0.2) is 0 Å². The van der Waals surface area contributed by atoms with Crippen molar-refractivity contribution in [2.75, 3.05) is 17.3 Å². The fourth-order valence-electron chi connectivity index (χ4n) is 2.93. The molecule has 24 heavy (non-hydrogen) atoms. The summed E-state index contributed by atoms with van der Waals surface area (Å²) in [6.45, 7) is 0.655. The van der Waals surface area contributed by atoms with Crippen LogP contribution < -0.4 is 21.5 Å². The summed E-state index contributed by atoms with van der Waals surface area (Å²) in [7, 11) is 2.01. The van der Waals surface area contributed by atoms with E-state index in [9.17, 15) is 4.79 Å². The van der Waals surface area contributed by atoms with Gasteiger partial charge in [0.25, 0.3) is 0 Å². The molecule has 1 aliphatic rings. The number of carbonyl (C=O) groups is 1. The molecule has 0 heterocycles. The van der Waals surface area contributed by atoms with Crippen LogP contribution in [-0.4, -0.2) is 13.1 Å². The summed E-state index contributed by atoms with van der Waals surface area (Å²) >= 11 is 6.29. The molecule has 0 saturated heterocycles. The van der Waals surface area contributed by atoms with Gasteiger partial charge < -0.3 is 10.2 Å². The van der Waals surface area contributed by atoms with Crippen LogP contribution in [-0.2, 0) is 6.54 Å². The molecule has 1 fully saturated rings. The third-order valence-electron chi connectivity index (χ3n) is 4.21. The Balaban J connectivity index is 1.94. The normalized spacial score (nSPS) is 13.5. The first-order valence-corrected chi connectivity index (χ1v) is 8.33. The number of urea groups is 1. The standard InChI is InChI=1S/C18H21ClN4O/c1-23(11-13-5-2-3-7-15(13)19)17-14(12-9-10-12)6-4-8-16(17)21-18(24)22-20/h2-8,12H,9-11,20H2,1H3,(H2,21,22,24). The third kappa shape index (κ3) is 3.63. The maximum Gasteiger partial charge on any atom is 0.333 e. The number of halogens is 1. The van der Waals surface area contributed by atoms with Crippen LogP contribution >= 0.6 is 11.6 Å². The number of para-hydroxylation sites is 1. The summed E-state index contributed by atoms with van der Waals surface area (Å²) < 4.78 is 0. The molecule has 0 radical (unpaired) electrons. The molecule has 0 spiro atoms. The van der Waals surface area contributed by atoms with Crippen molar-refractivity contribution in [2.24, 2.45) is 5.84 Å². The highest BCUT2D eigenvalue weighted by atomic mass is 35.5. The lowest BCUT2D eigenvalue weighted by molar-refractivity contribution is 0.252. The Morgan fingerprint density at radius 2 is 2.00 bits per heavy atom. The number of rotatable bonds is 5. The van der Waals surface area contributed by atoms with E-state index in [1.54, 1.807) is 0 Å². The zero-order valence-corrected chi connectivity index (χ0v) is 14.3. The number of nitrogens with zero attached hydrogens (tertiary/aromatic N) is 1. The molecule has 0 atom stereocenters. The van der Waals surface area contributed by atoms with E-state index in [4.69, 9.17) is 17.4 Å². The molecule has 2 aromatic rings. The second-order valence-electron chi connectivity index (χ2n) is 6.06. The molecule has 4 N–H and O–H groups in total. The predicted molar refractivity (Wildman–Crippen MR) is 98.3 cm³/mol. The van der Waals surface area contributed by atoms with Crippen molar-refractivity contribution in [3.05, 3.63) is 58.6 Å². The molecule has 0 aliphatic heterocycles. The molecule has 0 aromatic heterocycles. The quantitative estimate of drug-likeness (QED) is 0.438. The van der Waals surface area contributed by atoms with Crippen molar-refractivity contribution in [3.8, 4) is 0 Å². The van der Waals surface area contributed by atoms with E-state index in [1.165, 1.54) is 18.4 Å². The van der Waals surface area contributed by atoms with Gasteiger partial charge in [-0.1, -0.05) is 41.9 Å². The molecule has 6 heteroatoms. The zero-order chi connectivity index (χ0) is 17.1. The van der Waals surface area contributed by atoms with Gasteiger partial charge in [-0.3, -0.25) is 5.43 Å². The number of nitrogens with two attached hydrogens (primary N) is 1. The Morgan fingerprint density at radius 1 is 1.25 bits per heavy atom. The number of hydrogen-bond acceptors (Lipinski definition) is 3. The van der Waals surface area contributed by atoms with Crippen LogP contribution in [0.25, 0.3) is 0 Å². The summed E-state index contributed by atoms with van der Waals surface area (Å²) in [5.41, 5.74) is 6.17. The van der Waals surface area contributed by atoms with Crippen molar-refractivity contribution in [2.45, 2.75) is 25.3 Å². The molecule has 2 amide bonds. The van der Waals surface area contributed by atoms with Crippen LogP contribution in [0, 0.1) is 0 Å². The van der Waals surface area contributed by atoms with Crippen molar-refractivity contribution in [3.63, 3.8) is 0 Å². The Kier molecular flexibility index (Phi) is 4.92. The van der Waals surface area contributed by atoms with Crippen LogP contribution in [0.5, 0.6) is 0 Å². The summed E-state index contributed by atoms with van der Waals surface area (Å²) in [4.78, 5) is 13.8. The Hall–Kier alpha value is -2.24. The van der Waals surface area contributed by atoms with Gasteiger partial charge >= 0.3 is 6.03 Å². The van der Waals surface area contributed by atoms with Crippen LogP contribution in [0.15, 0.2) is 42.5 Å². The molecule has 126 valence electrons. The van der Waals surface area contributed by atoms with E-state index < -0.39 is 6.03 Å². The van der Waals surface area contributed by atoms with Gasteiger partial charge in [0.1, 0.15) is 0 Å². The highest BCUT2D eigenvalue weighted by molar-refractivity contribution is 6.31. The van der Waals surface area contributed by atoms with E-state index in [0.717, 1.165) is 22.0 Å².